The Morgan fingerprint density at radius 3 is 2.44 bits per heavy atom. The highest BCUT2D eigenvalue weighted by atomic mass is 16.5. The van der Waals surface area contributed by atoms with Gasteiger partial charge in [-0.2, -0.15) is 0 Å². The van der Waals surface area contributed by atoms with Gasteiger partial charge in [0.05, 0.1) is 25.9 Å². The SMILES string of the molecule is COc1ccc(C(=O)N2CCC3(CC2)C[C@@H](N2CCOCC2)CCO3)cc1. The van der Waals surface area contributed by atoms with E-state index >= 15 is 0 Å². The van der Waals surface area contributed by atoms with Crippen molar-refractivity contribution < 1.29 is 19.0 Å². The van der Waals surface area contributed by atoms with Crippen molar-refractivity contribution in [3.05, 3.63) is 29.8 Å². The number of carbonyl (C=O) groups excluding carboxylic acids is 1. The number of carbonyl (C=O) groups is 1. The number of methoxy groups -OCH3 is 1. The number of amides is 1. The van der Waals surface area contributed by atoms with Crippen LogP contribution < -0.4 is 4.74 Å². The van der Waals surface area contributed by atoms with Gasteiger partial charge in [-0.1, -0.05) is 0 Å². The second kappa shape index (κ2) is 8.17. The van der Waals surface area contributed by atoms with Gasteiger partial charge in [-0.3, -0.25) is 9.69 Å². The van der Waals surface area contributed by atoms with E-state index in [0.29, 0.717) is 6.04 Å². The Bertz CT molecular complexity index is 634. The fourth-order valence-electron chi connectivity index (χ4n) is 4.64. The van der Waals surface area contributed by atoms with Gasteiger partial charge in [-0.05, 0) is 49.9 Å². The molecule has 6 nitrogen and oxygen atoms in total. The van der Waals surface area contributed by atoms with Crippen LogP contribution in [-0.2, 0) is 9.47 Å². The number of hydrogen-bond acceptors (Lipinski definition) is 5. The zero-order valence-electron chi connectivity index (χ0n) is 16.2. The Morgan fingerprint density at radius 1 is 1.07 bits per heavy atom. The summed E-state index contributed by atoms with van der Waals surface area (Å²) in [5, 5.41) is 0. The number of piperidine rings is 1. The van der Waals surface area contributed by atoms with E-state index in [1.165, 1.54) is 0 Å². The van der Waals surface area contributed by atoms with Crippen LogP contribution in [0.25, 0.3) is 0 Å². The lowest BCUT2D eigenvalue weighted by molar-refractivity contribution is -0.136. The van der Waals surface area contributed by atoms with Gasteiger partial charge in [0.2, 0.25) is 0 Å². The molecule has 3 fully saturated rings. The molecule has 0 bridgehead atoms. The standard InChI is InChI=1S/C21H30N2O4/c1-25-19-4-2-17(3-5-19)20(24)23-9-7-21(8-10-23)16-18(6-13-27-21)22-11-14-26-15-12-22/h2-5,18H,6-16H2,1H3/t18-/m0/s1. The van der Waals surface area contributed by atoms with E-state index in [-0.39, 0.29) is 11.5 Å². The third-order valence-electron chi connectivity index (χ3n) is 6.33. The van der Waals surface area contributed by atoms with Gasteiger partial charge in [-0.15, -0.1) is 0 Å². The summed E-state index contributed by atoms with van der Waals surface area (Å²) < 4.78 is 17.0. The first kappa shape index (κ1) is 18.7. The van der Waals surface area contributed by atoms with Crippen LogP contribution >= 0.6 is 0 Å². The highest BCUT2D eigenvalue weighted by Crippen LogP contribution is 2.37. The number of nitrogens with zero attached hydrogens (tertiary/aromatic N) is 2. The number of hydrogen-bond donors (Lipinski definition) is 0. The molecule has 0 saturated carbocycles. The molecule has 1 spiro atoms. The normalized spacial score (nSPS) is 26.1. The molecule has 0 N–H and O–H groups in total. The molecule has 0 unspecified atom stereocenters. The van der Waals surface area contributed by atoms with Crippen molar-refractivity contribution in [2.24, 2.45) is 0 Å². The Kier molecular flexibility index (Phi) is 5.66. The predicted molar refractivity (Wildman–Crippen MR) is 102 cm³/mol. The van der Waals surface area contributed by atoms with E-state index in [9.17, 15) is 4.79 Å². The quantitative estimate of drug-likeness (QED) is 0.812. The number of likely N-dealkylation sites (tertiary alicyclic amines) is 1. The highest BCUT2D eigenvalue weighted by molar-refractivity contribution is 5.94. The molecule has 1 atom stereocenters. The van der Waals surface area contributed by atoms with Crippen molar-refractivity contribution in [3.63, 3.8) is 0 Å². The minimum Gasteiger partial charge on any atom is -0.497 e. The largest absolute Gasteiger partial charge is 0.497 e. The third kappa shape index (κ3) is 4.13. The first-order chi connectivity index (χ1) is 13.2. The van der Waals surface area contributed by atoms with Crippen molar-refractivity contribution in [1.82, 2.24) is 9.80 Å². The average molecular weight is 374 g/mol. The van der Waals surface area contributed by atoms with Crippen LogP contribution in [0.4, 0.5) is 0 Å². The summed E-state index contributed by atoms with van der Waals surface area (Å²) in [5.41, 5.74) is 0.667. The van der Waals surface area contributed by atoms with Crippen molar-refractivity contribution in [2.45, 2.75) is 37.3 Å². The Balaban J connectivity index is 1.35. The van der Waals surface area contributed by atoms with Gasteiger partial charge in [-0.25, -0.2) is 0 Å². The summed E-state index contributed by atoms with van der Waals surface area (Å²) in [7, 11) is 1.63. The highest BCUT2D eigenvalue weighted by Gasteiger charge is 2.42. The molecular formula is C21H30N2O4. The Labute approximate surface area is 161 Å². The molecule has 1 amide bonds. The lowest BCUT2D eigenvalue weighted by atomic mass is 9.81. The van der Waals surface area contributed by atoms with Gasteiger partial charge in [0.25, 0.3) is 5.91 Å². The van der Waals surface area contributed by atoms with Crippen LogP contribution in [0, 0.1) is 0 Å². The molecule has 0 aliphatic carbocycles. The van der Waals surface area contributed by atoms with E-state index in [1.54, 1.807) is 7.11 Å². The van der Waals surface area contributed by atoms with Gasteiger partial charge in [0.15, 0.2) is 0 Å². The smallest absolute Gasteiger partial charge is 0.253 e. The molecular weight excluding hydrogens is 344 g/mol. The van der Waals surface area contributed by atoms with Crippen molar-refractivity contribution in [2.75, 3.05) is 53.1 Å². The van der Waals surface area contributed by atoms with Gasteiger partial charge in [0.1, 0.15) is 5.75 Å². The second-order valence-corrected chi connectivity index (χ2v) is 7.85. The zero-order chi connectivity index (χ0) is 18.7. The predicted octanol–water partition coefficient (Wildman–Crippen LogP) is 2.18. The number of morpholine rings is 1. The van der Waals surface area contributed by atoms with Crippen LogP contribution in [0.1, 0.15) is 36.0 Å². The molecule has 4 rings (SSSR count). The number of rotatable bonds is 3. The van der Waals surface area contributed by atoms with Gasteiger partial charge in [0, 0.05) is 44.4 Å². The number of benzene rings is 1. The van der Waals surface area contributed by atoms with Crippen LogP contribution in [0.5, 0.6) is 5.75 Å². The molecule has 3 saturated heterocycles. The van der Waals surface area contributed by atoms with E-state index in [4.69, 9.17) is 14.2 Å². The monoisotopic (exact) mass is 374 g/mol. The summed E-state index contributed by atoms with van der Waals surface area (Å²) in [4.78, 5) is 17.3. The van der Waals surface area contributed by atoms with Crippen molar-refractivity contribution in [1.29, 1.82) is 0 Å². The van der Waals surface area contributed by atoms with E-state index in [1.807, 2.05) is 29.2 Å². The summed E-state index contributed by atoms with van der Waals surface area (Å²) in [6, 6.07) is 7.96. The molecule has 148 valence electrons. The maximum absolute atomic E-state index is 12.8. The lowest BCUT2D eigenvalue weighted by Gasteiger charge is -2.49. The minimum atomic E-state index is -0.0576. The average Bonchev–Trinajstić information content (AvgIpc) is 2.75. The first-order valence-electron chi connectivity index (χ1n) is 10.1. The molecule has 27 heavy (non-hydrogen) atoms. The topological polar surface area (TPSA) is 51.2 Å². The van der Waals surface area contributed by atoms with E-state index in [2.05, 4.69) is 4.90 Å². The van der Waals surface area contributed by atoms with Crippen LogP contribution in [0.15, 0.2) is 24.3 Å². The molecule has 3 aliphatic rings. The van der Waals surface area contributed by atoms with Crippen LogP contribution in [-0.4, -0.2) is 80.5 Å². The molecule has 6 heteroatoms. The second-order valence-electron chi connectivity index (χ2n) is 7.85. The van der Waals surface area contributed by atoms with Crippen molar-refractivity contribution in [3.8, 4) is 5.75 Å². The maximum Gasteiger partial charge on any atom is 0.253 e. The molecule has 1 aromatic carbocycles. The molecule has 3 heterocycles. The summed E-state index contributed by atoms with van der Waals surface area (Å²) in [6.45, 7) is 6.10. The first-order valence-corrected chi connectivity index (χ1v) is 10.1. The van der Waals surface area contributed by atoms with Gasteiger partial charge >= 0.3 is 0 Å². The molecule has 3 aliphatic heterocycles. The zero-order valence-corrected chi connectivity index (χ0v) is 16.2. The fourth-order valence-corrected chi connectivity index (χ4v) is 4.64. The van der Waals surface area contributed by atoms with Crippen LogP contribution in [0.2, 0.25) is 0 Å². The third-order valence-corrected chi connectivity index (χ3v) is 6.33. The Morgan fingerprint density at radius 2 is 1.78 bits per heavy atom. The maximum atomic E-state index is 12.8. The lowest BCUT2D eigenvalue weighted by Crippen LogP contribution is -2.55. The summed E-state index contributed by atoms with van der Waals surface area (Å²) in [6.07, 6.45) is 4.04. The number of ether oxygens (including phenoxy) is 3. The molecule has 1 aromatic rings. The van der Waals surface area contributed by atoms with E-state index < -0.39 is 0 Å². The minimum absolute atomic E-state index is 0.0576. The molecule has 0 aromatic heterocycles. The fraction of sp³-hybridized carbons (Fsp3) is 0.667. The summed E-state index contributed by atoms with van der Waals surface area (Å²) >= 11 is 0. The molecule has 0 radical (unpaired) electrons. The Hall–Kier alpha value is -1.63. The van der Waals surface area contributed by atoms with E-state index in [0.717, 1.165) is 83.0 Å². The van der Waals surface area contributed by atoms with Gasteiger partial charge < -0.3 is 19.1 Å². The van der Waals surface area contributed by atoms with Crippen molar-refractivity contribution >= 4 is 5.91 Å². The van der Waals surface area contributed by atoms with Crippen LogP contribution in [0.3, 0.4) is 0 Å². The summed E-state index contributed by atoms with van der Waals surface area (Å²) in [5.74, 6) is 0.877.